The van der Waals surface area contributed by atoms with Crippen LogP contribution in [0.3, 0.4) is 0 Å². The van der Waals surface area contributed by atoms with Crippen LogP contribution in [0.5, 0.6) is 5.88 Å². The minimum absolute atomic E-state index is 0.244. The summed E-state index contributed by atoms with van der Waals surface area (Å²) < 4.78 is 30.2. The molecular formula is C25H29N7O3S. The highest BCUT2D eigenvalue weighted by Gasteiger charge is 2.21. The number of carbonyl (C=O) groups excluding carboxylic acids is 1. The van der Waals surface area contributed by atoms with Crippen LogP contribution in [-0.2, 0) is 23.3 Å². The molecule has 0 saturated heterocycles. The number of hydrogen-bond acceptors (Lipinski definition) is 7. The molecule has 0 fully saturated rings. The fourth-order valence-corrected chi connectivity index (χ4v) is 5.18. The van der Waals surface area contributed by atoms with Crippen LogP contribution in [0.15, 0.2) is 41.4 Å². The minimum Gasteiger partial charge on any atom is -0.477 e. The second kappa shape index (κ2) is 9.05. The Balaban J connectivity index is 1.63. The summed E-state index contributed by atoms with van der Waals surface area (Å²) in [5.41, 5.74) is 3.88. The number of amides is 1. The SMILES string of the molecule is Cc1cc2cc(n1)-c1cnn(C)c1OCCC[C@@H](C)Cn1c(nc3ccc(S(C)(=N)=O)cc31)NC2=O. The summed E-state index contributed by atoms with van der Waals surface area (Å²) in [6.45, 7) is 5.09. The van der Waals surface area contributed by atoms with Gasteiger partial charge in [-0.15, -0.1) is 0 Å². The molecule has 3 aromatic heterocycles. The van der Waals surface area contributed by atoms with E-state index in [9.17, 15) is 9.00 Å². The highest BCUT2D eigenvalue weighted by Crippen LogP contribution is 2.31. The van der Waals surface area contributed by atoms with Crippen molar-refractivity contribution < 1.29 is 13.7 Å². The number of pyridine rings is 1. The van der Waals surface area contributed by atoms with Crippen molar-refractivity contribution >= 4 is 32.6 Å². The largest absolute Gasteiger partial charge is 0.477 e. The molecular weight excluding hydrogens is 478 g/mol. The Morgan fingerprint density at radius 1 is 1.22 bits per heavy atom. The number of aryl methyl sites for hydroxylation is 2. The average Bonchev–Trinajstić information content (AvgIpc) is 3.34. The van der Waals surface area contributed by atoms with E-state index in [0.29, 0.717) is 52.3 Å². The Hall–Kier alpha value is -3.73. The van der Waals surface area contributed by atoms with Gasteiger partial charge in [0.1, 0.15) is 0 Å². The van der Waals surface area contributed by atoms with Gasteiger partial charge in [-0.25, -0.2) is 18.7 Å². The molecule has 10 nitrogen and oxygen atoms in total. The van der Waals surface area contributed by atoms with Crippen LogP contribution in [0.2, 0.25) is 0 Å². The normalized spacial score (nSPS) is 18.2. The van der Waals surface area contributed by atoms with Gasteiger partial charge < -0.3 is 9.30 Å². The van der Waals surface area contributed by atoms with Crippen LogP contribution in [-0.4, -0.2) is 47.3 Å². The van der Waals surface area contributed by atoms with Gasteiger partial charge in [-0.05, 0) is 56.0 Å². The Labute approximate surface area is 209 Å². The Morgan fingerprint density at radius 2 is 2.03 bits per heavy atom. The van der Waals surface area contributed by atoms with Crippen LogP contribution >= 0.6 is 0 Å². The standard InChI is InChI=1S/C25H29N7O3S/c1-15-6-5-9-35-24-19(13-27-31(24)3)21-11-17(10-16(2)28-21)23(33)30-25-29-20-8-7-18(36(4,26)34)12-22(20)32(25)14-15/h7-8,10-13,15,26H,5-6,9,14H2,1-4H3,(H,29,30,33)/t15-,36?/m1/s1. The second-order valence-corrected chi connectivity index (χ2v) is 11.6. The molecule has 1 aliphatic heterocycles. The fourth-order valence-electron chi connectivity index (χ4n) is 4.51. The molecule has 4 aromatic rings. The van der Waals surface area contributed by atoms with Crippen molar-refractivity contribution in [1.29, 1.82) is 4.78 Å². The van der Waals surface area contributed by atoms with E-state index in [1.165, 1.54) is 6.26 Å². The van der Waals surface area contributed by atoms with E-state index in [4.69, 9.17) is 9.52 Å². The average molecular weight is 508 g/mol. The number of imidazole rings is 1. The highest BCUT2D eigenvalue weighted by atomic mass is 32.2. The van der Waals surface area contributed by atoms with Gasteiger partial charge in [-0.3, -0.25) is 15.1 Å². The molecule has 188 valence electrons. The predicted molar refractivity (Wildman–Crippen MR) is 138 cm³/mol. The first-order chi connectivity index (χ1) is 17.1. The maximum absolute atomic E-state index is 13.4. The van der Waals surface area contributed by atoms with Gasteiger partial charge in [0.15, 0.2) is 0 Å². The lowest BCUT2D eigenvalue weighted by Crippen LogP contribution is -2.18. The summed E-state index contributed by atoms with van der Waals surface area (Å²) in [5, 5.41) is 7.32. The number of benzene rings is 1. The van der Waals surface area contributed by atoms with Crippen molar-refractivity contribution in [1.82, 2.24) is 24.3 Å². The fraction of sp³-hybridized carbons (Fsp3) is 0.360. The number of carbonyl (C=O) groups is 1. The molecule has 1 amide bonds. The topological polar surface area (TPSA) is 128 Å². The van der Waals surface area contributed by atoms with Crippen molar-refractivity contribution in [2.75, 3.05) is 18.2 Å². The van der Waals surface area contributed by atoms with Crippen molar-refractivity contribution in [3.63, 3.8) is 0 Å². The van der Waals surface area contributed by atoms with Crippen LogP contribution in [0, 0.1) is 17.6 Å². The number of nitrogens with one attached hydrogen (secondary N) is 2. The summed E-state index contributed by atoms with van der Waals surface area (Å²) >= 11 is 0. The molecule has 5 rings (SSSR count). The predicted octanol–water partition coefficient (Wildman–Crippen LogP) is 4.24. The van der Waals surface area contributed by atoms with Gasteiger partial charge in [0.25, 0.3) is 5.91 Å². The van der Waals surface area contributed by atoms with Gasteiger partial charge in [0.2, 0.25) is 11.8 Å². The van der Waals surface area contributed by atoms with Gasteiger partial charge in [0.05, 0.1) is 44.8 Å². The molecule has 0 radical (unpaired) electrons. The monoisotopic (exact) mass is 507 g/mol. The number of ether oxygens (including phenoxy) is 1. The number of hydrogen-bond donors (Lipinski definition) is 2. The zero-order valence-corrected chi connectivity index (χ0v) is 21.6. The molecule has 36 heavy (non-hydrogen) atoms. The summed E-state index contributed by atoms with van der Waals surface area (Å²) in [5.74, 6) is 0.961. The number of nitrogens with zero attached hydrogens (tertiary/aromatic N) is 5. The Kier molecular flexibility index (Phi) is 6.03. The maximum Gasteiger partial charge on any atom is 0.258 e. The molecule has 2 atom stereocenters. The third-order valence-corrected chi connectivity index (χ3v) is 7.50. The molecule has 11 heteroatoms. The van der Waals surface area contributed by atoms with Crippen molar-refractivity contribution in [3.8, 4) is 17.1 Å². The zero-order chi connectivity index (χ0) is 25.6. The van der Waals surface area contributed by atoms with Gasteiger partial charge in [-0.1, -0.05) is 6.92 Å². The minimum atomic E-state index is -2.90. The van der Waals surface area contributed by atoms with E-state index in [1.807, 2.05) is 18.5 Å². The molecule has 1 unspecified atom stereocenters. The van der Waals surface area contributed by atoms with Crippen molar-refractivity contribution in [2.24, 2.45) is 13.0 Å². The lowest BCUT2D eigenvalue weighted by Gasteiger charge is -2.16. The van der Waals surface area contributed by atoms with E-state index in [0.717, 1.165) is 23.9 Å². The van der Waals surface area contributed by atoms with E-state index in [2.05, 4.69) is 27.3 Å². The third kappa shape index (κ3) is 4.58. The van der Waals surface area contributed by atoms with Crippen LogP contribution < -0.4 is 10.1 Å². The number of fused-ring (bicyclic) bond motifs is 7. The lowest BCUT2D eigenvalue weighted by molar-refractivity contribution is 0.102. The highest BCUT2D eigenvalue weighted by molar-refractivity contribution is 7.91. The van der Waals surface area contributed by atoms with E-state index in [-0.39, 0.29) is 11.8 Å². The van der Waals surface area contributed by atoms with Crippen LogP contribution in [0.4, 0.5) is 5.95 Å². The number of aromatic nitrogens is 5. The quantitative estimate of drug-likeness (QED) is 0.397. The van der Waals surface area contributed by atoms with Gasteiger partial charge >= 0.3 is 0 Å². The molecule has 2 N–H and O–H groups in total. The summed E-state index contributed by atoms with van der Waals surface area (Å²) in [6, 6.07) is 8.62. The van der Waals surface area contributed by atoms with E-state index >= 15 is 0 Å². The van der Waals surface area contributed by atoms with E-state index in [1.54, 1.807) is 41.2 Å². The zero-order valence-electron chi connectivity index (χ0n) is 20.7. The summed E-state index contributed by atoms with van der Waals surface area (Å²) in [4.78, 5) is 23.1. The lowest BCUT2D eigenvalue weighted by atomic mass is 10.1. The molecule has 0 spiro atoms. The smallest absolute Gasteiger partial charge is 0.258 e. The Bertz CT molecular complexity index is 1590. The second-order valence-electron chi connectivity index (χ2n) is 9.46. The summed E-state index contributed by atoms with van der Waals surface area (Å²) in [6.07, 6.45) is 4.81. The summed E-state index contributed by atoms with van der Waals surface area (Å²) in [7, 11) is -1.08. The van der Waals surface area contributed by atoms with Crippen molar-refractivity contribution in [3.05, 3.63) is 47.8 Å². The molecule has 1 aliphatic rings. The number of anilines is 1. The first-order valence-electron chi connectivity index (χ1n) is 11.8. The van der Waals surface area contributed by atoms with E-state index < -0.39 is 9.73 Å². The van der Waals surface area contributed by atoms with Crippen LogP contribution in [0.25, 0.3) is 22.3 Å². The van der Waals surface area contributed by atoms with Gasteiger partial charge in [0, 0.05) is 36.0 Å². The van der Waals surface area contributed by atoms with Crippen LogP contribution in [0.1, 0.15) is 35.8 Å². The van der Waals surface area contributed by atoms with Crippen molar-refractivity contribution in [2.45, 2.75) is 38.1 Å². The molecule has 4 heterocycles. The maximum atomic E-state index is 13.4. The Morgan fingerprint density at radius 3 is 2.81 bits per heavy atom. The first kappa shape index (κ1) is 24.0. The van der Waals surface area contributed by atoms with Gasteiger partial charge in [-0.2, -0.15) is 5.10 Å². The number of rotatable bonds is 1. The molecule has 0 saturated carbocycles. The third-order valence-electron chi connectivity index (χ3n) is 6.35. The molecule has 2 bridgehead atoms. The molecule has 0 aliphatic carbocycles. The molecule has 1 aromatic carbocycles. The first-order valence-corrected chi connectivity index (χ1v) is 13.8.